The second-order valence-corrected chi connectivity index (χ2v) is 5.51. The number of anilines is 1. The van der Waals surface area contributed by atoms with Crippen LogP contribution >= 0.6 is 11.6 Å². The first kappa shape index (κ1) is 13.1. The van der Waals surface area contributed by atoms with E-state index in [-0.39, 0.29) is 0 Å². The van der Waals surface area contributed by atoms with Crippen molar-refractivity contribution >= 4 is 39.2 Å². The average Bonchev–Trinajstić information content (AvgIpc) is 2.95. The van der Waals surface area contributed by atoms with Crippen LogP contribution < -0.4 is 5.32 Å². The number of nitrogens with one attached hydrogen (secondary N) is 2. The molecular formula is C17H13ClN4. The maximum absolute atomic E-state index is 6.01. The molecule has 2 N–H and O–H groups in total. The summed E-state index contributed by atoms with van der Waals surface area (Å²) in [4.78, 5) is 12.2. The van der Waals surface area contributed by atoms with Gasteiger partial charge in [0.1, 0.15) is 5.82 Å². The number of imidazole rings is 1. The highest BCUT2D eigenvalue weighted by Crippen LogP contribution is 2.24. The van der Waals surface area contributed by atoms with Gasteiger partial charge in [-0.25, -0.2) is 4.98 Å². The molecule has 0 bridgehead atoms. The molecule has 2 aromatic heterocycles. The number of fused-ring (bicyclic) bond motifs is 2. The summed E-state index contributed by atoms with van der Waals surface area (Å²) in [7, 11) is 0. The van der Waals surface area contributed by atoms with Gasteiger partial charge in [0.25, 0.3) is 0 Å². The van der Waals surface area contributed by atoms with Gasteiger partial charge in [-0.1, -0.05) is 23.7 Å². The van der Waals surface area contributed by atoms with E-state index in [1.165, 1.54) is 0 Å². The van der Waals surface area contributed by atoms with Crippen molar-refractivity contribution in [1.29, 1.82) is 0 Å². The highest BCUT2D eigenvalue weighted by atomic mass is 35.5. The van der Waals surface area contributed by atoms with E-state index >= 15 is 0 Å². The average molecular weight is 309 g/mol. The quantitative estimate of drug-likeness (QED) is 0.590. The molecule has 4 nitrogen and oxygen atoms in total. The molecular weight excluding hydrogens is 296 g/mol. The summed E-state index contributed by atoms with van der Waals surface area (Å²) in [6, 6.07) is 15.7. The van der Waals surface area contributed by atoms with Crippen molar-refractivity contribution < 1.29 is 0 Å². The van der Waals surface area contributed by atoms with Gasteiger partial charge in [-0.3, -0.25) is 4.98 Å². The lowest BCUT2D eigenvalue weighted by atomic mass is 10.2. The van der Waals surface area contributed by atoms with Crippen molar-refractivity contribution in [3.63, 3.8) is 0 Å². The third-order valence-electron chi connectivity index (χ3n) is 3.59. The number of hydrogen-bond donors (Lipinski definition) is 2. The number of aromatic amines is 1. The van der Waals surface area contributed by atoms with Crippen LogP contribution in [-0.2, 0) is 6.54 Å². The van der Waals surface area contributed by atoms with Gasteiger partial charge in [-0.15, -0.1) is 0 Å². The zero-order valence-electron chi connectivity index (χ0n) is 11.7. The van der Waals surface area contributed by atoms with E-state index in [1.807, 2.05) is 48.5 Å². The van der Waals surface area contributed by atoms with Gasteiger partial charge in [0.2, 0.25) is 0 Å². The van der Waals surface area contributed by atoms with Crippen LogP contribution in [0.1, 0.15) is 5.82 Å². The van der Waals surface area contributed by atoms with Crippen molar-refractivity contribution in [3.8, 4) is 0 Å². The molecule has 4 rings (SSSR count). The molecule has 108 valence electrons. The smallest absolute Gasteiger partial charge is 0.126 e. The first-order valence-corrected chi connectivity index (χ1v) is 7.39. The first-order chi connectivity index (χ1) is 10.8. The summed E-state index contributed by atoms with van der Waals surface area (Å²) in [5, 5.41) is 5.14. The monoisotopic (exact) mass is 308 g/mol. The van der Waals surface area contributed by atoms with Crippen LogP contribution in [0.2, 0.25) is 5.02 Å². The minimum Gasteiger partial charge on any atom is -0.377 e. The third-order valence-corrected chi connectivity index (χ3v) is 3.82. The Morgan fingerprint density at radius 2 is 1.95 bits per heavy atom. The number of hydrogen-bond acceptors (Lipinski definition) is 3. The lowest BCUT2D eigenvalue weighted by molar-refractivity contribution is 1.01. The van der Waals surface area contributed by atoms with Crippen molar-refractivity contribution in [3.05, 3.63) is 65.6 Å². The van der Waals surface area contributed by atoms with Gasteiger partial charge < -0.3 is 10.3 Å². The molecule has 0 radical (unpaired) electrons. The van der Waals surface area contributed by atoms with Crippen molar-refractivity contribution in [2.75, 3.05) is 5.32 Å². The molecule has 0 saturated heterocycles. The molecule has 0 aliphatic heterocycles. The molecule has 5 heteroatoms. The first-order valence-electron chi connectivity index (χ1n) is 7.01. The summed E-state index contributed by atoms with van der Waals surface area (Å²) in [5.74, 6) is 0.903. The minimum atomic E-state index is 0.621. The summed E-state index contributed by atoms with van der Waals surface area (Å²) >= 11 is 6.01. The van der Waals surface area contributed by atoms with Crippen LogP contribution in [0.5, 0.6) is 0 Å². The normalized spacial score (nSPS) is 11.1. The van der Waals surface area contributed by atoms with Crippen LogP contribution in [-0.4, -0.2) is 15.0 Å². The molecule has 0 fully saturated rings. The summed E-state index contributed by atoms with van der Waals surface area (Å²) < 4.78 is 0. The van der Waals surface area contributed by atoms with E-state index in [0.29, 0.717) is 11.6 Å². The van der Waals surface area contributed by atoms with Gasteiger partial charge in [0.15, 0.2) is 0 Å². The Labute approximate surface area is 132 Å². The molecule has 0 saturated carbocycles. The minimum absolute atomic E-state index is 0.621. The molecule has 0 aliphatic rings. The standard InChI is InChI=1S/C17H13ClN4/c18-11-5-6-12-13(7-8-19-16(12)9-11)20-10-17-21-14-3-1-2-4-15(14)22-17/h1-9H,10H2,(H,19,20)(H,21,22). The van der Waals surface area contributed by atoms with E-state index in [4.69, 9.17) is 11.6 Å². The van der Waals surface area contributed by atoms with Gasteiger partial charge in [0, 0.05) is 22.3 Å². The molecule has 0 spiro atoms. The van der Waals surface area contributed by atoms with Crippen molar-refractivity contribution in [2.24, 2.45) is 0 Å². The van der Waals surface area contributed by atoms with Crippen molar-refractivity contribution in [1.82, 2.24) is 15.0 Å². The molecule has 2 aromatic carbocycles. The number of benzene rings is 2. The predicted octanol–water partition coefficient (Wildman–Crippen LogP) is 4.38. The Hall–Kier alpha value is -2.59. The van der Waals surface area contributed by atoms with E-state index < -0.39 is 0 Å². The molecule has 4 aromatic rings. The van der Waals surface area contributed by atoms with Crippen LogP contribution in [0, 0.1) is 0 Å². The summed E-state index contributed by atoms with van der Waals surface area (Å²) in [5.41, 5.74) is 3.92. The number of halogens is 1. The van der Waals surface area contributed by atoms with E-state index in [1.54, 1.807) is 6.20 Å². The Kier molecular flexibility index (Phi) is 3.16. The fourth-order valence-corrected chi connectivity index (χ4v) is 2.71. The number of H-pyrrole nitrogens is 1. The van der Waals surface area contributed by atoms with Crippen molar-refractivity contribution in [2.45, 2.75) is 6.54 Å². The van der Waals surface area contributed by atoms with Crippen LogP contribution in [0.4, 0.5) is 5.69 Å². The van der Waals surface area contributed by atoms with Crippen LogP contribution in [0.25, 0.3) is 21.9 Å². The lowest BCUT2D eigenvalue weighted by Gasteiger charge is -2.08. The summed E-state index contributed by atoms with van der Waals surface area (Å²) in [6.07, 6.45) is 1.78. The predicted molar refractivity (Wildman–Crippen MR) is 90.2 cm³/mol. The molecule has 0 amide bonds. The SMILES string of the molecule is Clc1ccc2c(NCc3nc4ccccc4[nH]3)ccnc2c1. The number of aromatic nitrogens is 3. The number of pyridine rings is 1. The van der Waals surface area contributed by atoms with E-state index in [0.717, 1.165) is 33.4 Å². The van der Waals surface area contributed by atoms with Gasteiger partial charge in [0.05, 0.1) is 23.1 Å². The second kappa shape index (κ2) is 5.31. The van der Waals surface area contributed by atoms with Gasteiger partial charge in [-0.05, 0) is 36.4 Å². The molecule has 2 heterocycles. The topological polar surface area (TPSA) is 53.6 Å². The Morgan fingerprint density at radius 1 is 1.05 bits per heavy atom. The molecule has 0 aliphatic carbocycles. The molecule has 0 unspecified atom stereocenters. The highest BCUT2D eigenvalue weighted by molar-refractivity contribution is 6.31. The van der Waals surface area contributed by atoms with Crippen LogP contribution in [0.3, 0.4) is 0 Å². The van der Waals surface area contributed by atoms with Gasteiger partial charge in [-0.2, -0.15) is 0 Å². The Bertz CT molecular complexity index is 928. The number of rotatable bonds is 3. The maximum Gasteiger partial charge on any atom is 0.126 e. The Morgan fingerprint density at radius 3 is 2.86 bits per heavy atom. The highest BCUT2D eigenvalue weighted by Gasteiger charge is 2.05. The molecule has 22 heavy (non-hydrogen) atoms. The lowest BCUT2D eigenvalue weighted by Crippen LogP contribution is -2.02. The fraction of sp³-hybridized carbons (Fsp3) is 0.0588. The zero-order chi connectivity index (χ0) is 14.9. The van der Waals surface area contributed by atoms with Gasteiger partial charge >= 0.3 is 0 Å². The molecule has 0 atom stereocenters. The number of nitrogens with zero attached hydrogens (tertiary/aromatic N) is 2. The summed E-state index contributed by atoms with van der Waals surface area (Å²) in [6.45, 7) is 0.621. The number of para-hydroxylation sites is 2. The second-order valence-electron chi connectivity index (χ2n) is 5.07. The Balaban J connectivity index is 1.63. The largest absolute Gasteiger partial charge is 0.377 e. The van der Waals surface area contributed by atoms with E-state index in [2.05, 4.69) is 20.3 Å². The fourth-order valence-electron chi connectivity index (χ4n) is 2.54. The maximum atomic E-state index is 6.01. The van der Waals surface area contributed by atoms with Crippen LogP contribution in [0.15, 0.2) is 54.7 Å². The van der Waals surface area contributed by atoms with E-state index in [9.17, 15) is 0 Å². The third kappa shape index (κ3) is 2.38. The zero-order valence-corrected chi connectivity index (χ0v) is 12.4.